The second-order valence-corrected chi connectivity index (χ2v) is 8.33. The minimum absolute atomic E-state index is 0.165. The Morgan fingerprint density at radius 2 is 1.77 bits per heavy atom. The largest absolute Gasteiger partial charge is 0.379 e. The first-order valence-corrected chi connectivity index (χ1v) is 9.95. The quantitative estimate of drug-likeness (QED) is 0.865. The van der Waals surface area contributed by atoms with Gasteiger partial charge in [0.1, 0.15) is 0 Å². The Kier molecular flexibility index (Phi) is 5.62. The summed E-state index contributed by atoms with van der Waals surface area (Å²) in [6, 6.07) is 11.1. The first-order chi connectivity index (χ1) is 12.4. The fraction of sp³-hybridized carbons (Fsp3) is 0.278. The van der Waals surface area contributed by atoms with E-state index in [2.05, 4.69) is 5.32 Å². The second-order valence-electron chi connectivity index (χ2n) is 5.95. The predicted octanol–water partition coefficient (Wildman–Crippen LogP) is 2.92. The molecular formula is C18H19ClN2O4S. The van der Waals surface area contributed by atoms with Gasteiger partial charge in [0.25, 0.3) is 5.91 Å². The molecule has 0 unspecified atom stereocenters. The lowest BCUT2D eigenvalue weighted by atomic mass is 10.1. The molecule has 26 heavy (non-hydrogen) atoms. The van der Waals surface area contributed by atoms with Crippen LogP contribution in [-0.2, 0) is 14.8 Å². The average molecular weight is 395 g/mol. The van der Waals surface area contributed by atoms with Gasteiger partial charge in [-0.2, -0.15) is 4.31 Å². The van der Waals surface area contributed by atoms with E-state index < -0.39 is 10.0 Å². The third-order valence-corrected chi connectivity index (χ3v) is 6.31. The van der Waals surface area contributed by atoms with Crippen LogP contribution in [-0.4, -0.2) is 44.9 Å². The van der Waals surface area contributed by atoms with Gasteiger partial charge in [-0.1, -0.05) is 11.6 Å². The number of anilines is 1. The van der Waals surface area contributed by atoms with Crippen LogP contribution in [0.5, 0.6) is 0 Å². The van der Waals surface area contributed by atoms with Crippen molar-refractivity contribution in [2.45, 2.75) is 11.8 Å². The van der Waals surface area contributed by atoms with Crippen molar-refractivity contribution in [3.8, 4) is 0 Å². The Balaban J connectivity index is 1.75. The zero-order valence-corrected chi connectivity index (χ0v) is 15.8. The molecule has 1 N–H and O–H groups in total. The van der Waals surface area contributed by atoms with Gasteiger partial charge in [-0.05, 0) is 55.0 Å². The van der Waals surface area contributed by atoms with Gasteiger partial charge in [0.05, 0.1) is 18.1 Å². The standard InChI is InChI=1S/C18H19ClN2O4S/c1-13-12-15(19)4-7-17(13)20-18(22)14-2-5-16(6-3-14)26(23,24)21-8-10-25-11-9-21/h2-7,12H,8-11H2,1H3,(H,20,22). The molecule has 6 nitrogen and oxygen atoms in total. The van der Waals surface area contributed by atoms with Crippen LogP contribution in [0.3, 0.4) is 0 Å². The summed E-state index contributed by atoms with van der Waals surface area (Å²) >= 11 is 5.91. The van der Waals surface area contributed by atoms with E-state index in [4.69, 9.17) is 16.3 Å². The maximum absolute atomic E-state index is 12.6. The molecule has 1 fully saturated rings. The fourth-order valence-electron chi connectivity index (χ4n) is 2.68. The highest BCUT2D eigenvalue weighted by atomic mass is 35.5. The van der Waals surface area contributed by atoms with Gasteiger partial charge in [-0.3, -0.25) is 4.79 Å². The number of carbonyl (C=O) groups excluding carboxylic acids is 1. The summed E-state index contributed by atoms with van der Waals surface area (Å²) in [5.41, 5.74) is 1.88. The number of amides is 1. The molecule has 0 atom stereocenters. The van der Waals surface area contributed by atoms with E-state index in [1.165, 1.54) is 28.6 Å². The first-order valence-electron chi connectivity index (χ1n) is 8.13. The van der Waals surface area contributed by atoms with E-state index in [-0.39, 0.29) is 10.8 Å². The second kappa shape index (κ2) is 7.75. The van der Waals surface area contributed by atoms with Crippen LogP contribution >= 0.6 is 11.6 Å². The molecular weight excluding hydrogens is 376 g/mol. The maximum Gasteiger partial charge on any atom is 0.255 e. The molecule has 1 amide bonds. The Labute approximate surface area is 157 Å². The van der Waals surface area contributed by atoms with Crippen molar-refractivity contribution >= 4 is 33.2 Å². The summed E-state index contributed by atoms with van der Waals surface area (Å²) in [5, 5.41) is 3.40. The highest BCUT2D eigenvalue weighted by Gasteiger charge is 2.26. The molecule has 0 saturated carbocycles. The van der Waals surface area contributed by atoms with Crippen LogP contribution in [0.4, 0.5) is 5.69 Å². The molecule has 2 aromatic carbocycles. The van der Waals surface area contributed by atoms with Crippen molar-refractivity contribution in [1.82, 2.24) is 4.31 Å². The number of ether oxygens (including phenoxy) is 1. The third kappa shape index (κ3) is 4.07. The Morgan fingerprint density at radius 3 is 2.38 bits per heavy atom. The van der Waals surface area contributed by atoms with E-state index in [1.807, 2.05) is 6.92 Å². The lowest BCUT2D eigenvalue weighted by molar-refractivity contribution is 0.0730. The molecule has 0 aliphatic carbocycles. The van der Waals surface area contributed by atoms with Crippen LogP contribution in [0.25, 0.3) is 0 Å². The molecule has 1 saturated heterocycles. The Hall–Kier alpha value is -1.93. The number of sulfonamides is 1. The van der Waals surface area contributed by atoms with Crippen LogP contribution in [0, 0.1) is 6.92 Å². The smallest absolute Gasteiger partial charge is 0.255 e. The molecule has 1 heterocycles. The summed E-state index contributed by atoms with van der Waals surface area (Å²) in [6.07, 6.45) is 0. The van der Waals surface area contributed by atoms with E-state index >= 15 is 0 Å². The van der Waals surface area contributed by atoms with Gasteiger partial charge in [-0.25, -0.2) is 8.42 Å². The van der Waals surface area contributed by atoms with Gasteiger partial charge in [0, 0.05) is 29.4 Å². The third-order valence-electron chi connectivity index (χ3n) is 4.16. The fourth-order valence-corrected chi connectivity index (χ4v) is 4.31. The molecule has 8 heteroatoms. The molecule has 0 spiro atoms. The van der Waals surface area contributed by atoms with Crippen LogP contribution in [0.2, 0.25) is 5.02 Å². The highest BCUT2D eigenvalue weighted by molar-refractivity contribution is 7.89. The average Bonchev–Trinajstić information content (AvgIpc) is 2.65. The van der Waals surface area contributed by atoms with Crippen molar-refractivity contribution < 1.29 is 17.9 Å². The number of rotatable bonds is 4. The number of aryl methyl sites for hydroxylation is 1. The monoisotopic (exact) mass is 394 g/mol. The number of morpholine rings is 1. The first kappa shape index (κ1) is 18.8. The van der Waals surface area contributed by atoms with Gasteiger partial charge < -0.3 is 10.1 Å². The molecule has 2 aromatic rings. The maximum atomic E-state index is 12.6. The number of nitrogens with zero attached hydrogens (tertiary/aromatic N) is 1. The summed E-state index contributed by atoms with van der Waals surface area (Å²) in [5.74, 6) is -0.314. The van der Waals surface area contributed by atoms with Crippen molar-refractivity contribution in [2.24, 2.45) is 0 Å². The van der Waals surface area contributed by atoms with Crippen molar-refractivity contribution in [3.05, 3.63) is 58.6 Å². The summed E-state index contributed by atoms with van der Waals surface area (Å²) < 4.78 is 31.8. The van der Waals surface area contributed by atoms with Gasteiger partial charge in [0.2, 0.25) is 10.0 Å². The molecule has 138 valence electrons. The molecule has 1 aliphatic rings. The number of hydrogen-bond acceptors (Lipinski definition) is 4. The minimum atomic E-state index is -3.57. The molecule has 1 aliphatic heterocycles. The zero-order valence-electron chi connectivity index (χ0n) is 14.2. The number of benzene rings is 2. The molecule has 0 aromatic heterocycles. The minimum Gasteiger partial charge on any atom is -0.379 e. The van der Waals surface area contributed by atoms with Gasteiger partial charge in [0.15, 0.2) is 0 Å². The van der Waals surface area contributed by atoms with Gasteiger partial charge in [-0.15, -0.1) is 0 Å². The van der Waals surface area contributed by atoms with E-state index in [9.17, 15) is 13.2 Å². The molecule has 0 bridgehead atoms. The molecule has 0 radical (unpaired) electrons. The van der Waals surface area contributed by atoms with Crippen LogP contribution in [0.1, 0.15) is 15.9 Å². The summed E-state index contributed by atoms with van der Waals surface area (Å²) in [6.45, 7) is 3.29. The van der Waals surface area contributed by atoms with E-state index in [1.54, 1.807) is 18.2 Å². The van der Waals surface area contributed by atoms with Crippen molar-refractivity contribution in [2.75, 3.05) is 31.6 Å². The van der Waals surface area contributed by atoms with Crippen molar-refractivity contribution in [1.29, 1.82) is 0 Å². The normalized spacial score (nSPS) is 15.6. The Bertz CT molecular complexity index is 907. The SMILES string of the molecule is Cc1cc(Cl)ccc1NC(=O)c1ccc(S(=O)(=O)N2CCOCC2)cc1. The zero-order chi connectivity index (χ0) is 18.7. The number of hydrogen-bond donors (Lipinski definition) is 1. The lowest BCUT2D eigenvalue weighted by Crippen LogP contribution is -2.40. The van der Waals surface area contributed by atoms with Crippen molar-refractivity contribution in [3.63, 3.8) is 0 Å². The highest BCUT2D eigenvalue weighted by Crippen LogP contribution is 2.21. The number of halogens is 1. The van der Waals surface area contributed by atoms with Crippen LogP contribution in [0.15, 0.2) is 47.4 Å². The predicted molar refractivity (Wildman–Crippen MR) is 100 cm³/mol. The number of carbonyl (C=O) groups is 1. The topological polar surface area (TPSA) is 75.7 Å². The van der Waals surface area contributed by atoms with Gasteiger partial charge >= 0.3 is 0 Å². The van der Waals surface area contributed by atoms with E-state index in [0.717, 1.165) is 5.56 Å². The number of nitrogens with one attached hydrogen (secondary N) is 1. The van der Waals surface area contributed by atoms with E-state index in [0.29, 0.717) is 42.6 Å². The van der Waals surface area contributed by atoms with Crippen LogP contribution < -0.4 is 5.32 Å². The lowest BCUT2D eigenvalue weighted by Gasteiger charge is -2.26. The summed E-state index contributed by atoms with van der Waals surface area (Å²) in [4.78, 5) is 12.6. The Morgan fingerprint density at radius 1 is 1.12 bits per heavy atom. The summed E-state index contributed by atoms with van der Waals surface area (Å²) in [7, 11) is -3.57. The molecule has 3 rings (SSSR count).